The van der Waals surface area contributed by atoms with E-state index in [4.69, 9.17) is 0 Å². The highest BCUT2D eigenvalue weighted by atomic mass is 14.9. The van der Waals surface area contributed by atoms with Gasteiger partial charge in [-0.25, -0.2) is 0 Å². The zero-order chi connectivity index (χ0) is 13.0. The average molecular weight is 240 g/mol. The van der Waals surface area contributed by atoms with Crippen molar-refractivity contribution in [2.24, 2.45) is 0 Å². The topological polar surface area (TPSA) is 24.9 Å². The van der Waals surface area contributed by atoms with E-state index in [9.17, 15) is 0 Å². The van der Waals surface area contributed by atoms with E-state index in [0.717, 1.165) is 6.54 Å². The van der Waals surface area contributed by atoms with E-state index >= 15 is 0 Å². The van der Waals surface area contributed by atoms with Crippen LogP contribution in [0.4, 0.5) is 0 Å². The summed E-state index contributed by atoms with van der Waals surface area (Å²) in [4.78, 5) is 4.15. The van der Waals surface area contributed by atoms with Crippen LogP contribution in [0, 0.1) is 13.8 Å². The Balaban J connectivity index is 1.99. The van der Waals surface area contributed by atoms with Crippen LogP contribution in [-0.4, -0.2) is 4.98 Å². The predicted octanol–water partition coefficient (Wildman–Crippen LogP) is 3.55. The first-order chi connectivity index (χ1) is 8.65. The molecule has 1 aromatic carbocycles. The second kappa shape index (κ2) is 5.78. The molecule has 94 valence electrons. The van der Waals surface area contributed by atoms with Gasteiger partial charge >= 0.3 is 0 Å². The molecule has 0 saturated carbocycles. The molecule has 0 bridgehead atoms. The molecule has 18 heavy (non-hydrogen) atoms. The average Bonchev–Trinajstić information content (AvgIpc) is 2.36. The molecule has 2 rings (SSSR count). The van der Waals surface area contributed by atoms with Gasteiger partial charge in [-0.1, -0.05) is 35.4 Å². The van der Waals surface area contributed by atoms with E-state index < -0.39 is 0 Å². The van der Waals surface area contributed by atoms with Crippen molar-refractivity contribution in [3.63, 3.8) is 0 Å². The van der Waals surface area contributed by atoms with Crippen molar-refractivity contribution in [2.45, 2.75) is 33.4 Å². The summed E-state index contributed by atoms with van der Waals surface area (Å²) in [5.74, 6) is 0. The molecule has 0 radical (unpaired) electrons. The normalized spacial score (nSPS) is 12.4. The van der Waals surface area contributed by atoms with Gasteiger partial charge in [-0.15, -0.1) is 0 Å². The molecule has 1 aromatic heterocycles. The maximum Gasteiger partial charge on any atom is 0.0315 e. The van der Waals surface area contributed by atoms with Gasteiger partial charge in [0.15, 0.2) is 0 Å². The first kappa shape index (κ1) is 12.8. The van der Waals surface area contributed by atoms with Crippen LogP contribution in [0.2, 0.25) is 0 Å². The minimum atomic E-state index is 0.319. The van der Waals surface area contributed by atoms with Crippen LogP contribution < -0.4 is 5.32 Å². The van der Waals surface area contributed by atoms with Gasteiger partial charge in [0.25, 0.3) is 0 Å². The summed E-state index contributed by atoms with van der Waals surface area (Å²) in [6.45, 7) is 7.33. The van der Waals surface area contributed by atoms with Crippen molar-refractivity contribution in [2.75, 3.05) is 0 Å². The summed E-state index contributed by atoms with van der Waals surface area (Å²) in [6.07, 6.45) is 3.72. The first-order valence-electron chi connectivity index (χ1n) is 6.35. The number of benzene rings is 1. The summed E-state index contributed by atoms with van der Waals surface area (Å²) < 4.78 is 0. The third kappa shape index (κ3) is 3.41. The highest BCUT2D eigenvalue weighted by Crippen LogP contribution is 2.13. The molecule has 0 amide bonds. The lowest BCUT2D eigenvalue weighted by Gasteiger charge is -2.14. The third-order valence-corrected chi connectivity index (χ3v) is 3.08. The van der Waals surface area contributed by atoms with Crippen LogP contribution in [0.25, 0.3) is 0 Å². The number of hydrogen-bond acceptors (Lipinski definition) is 2. The molecule has 0 unspecified atom stereocenters. The van der Waals surface area contributed by atoms with Crippen molar-refractivity contribution in [3.8, 4) is 0 Å². The van der Waals surface area contributed by atoms with Gasteiger partial charge in [-0.05, 0) is 38.0 Å². The summed E-state index contributed by atoms with van der Waals surface area (Å²) in [5, 5.41) is 3.53. The molecule has 0 spiro atoms. The Kier molecular flexibility index (Phi) is 4.11. The summed E-state index contributed by atoms with van der Waals surface area (Å²) in [7, 11) is 0. The van der Waals surface area contributed by atoms with Gasteiger partial charge < -0.3 is 5.32 Å². The largest absolute Gasteiger partial charge is 0.306 e. The minimum Gasteiger partial charge on any atom is -0.306 e. The Labute approximate surface area is 109 Å². The molecule has 2 nitrogen and oxygen atoms in total. The number of aryl methyl sites for hydroxylation is 2. The Bertz CT molecular complexity index is 486. The second-order valence-corrected chi connectivity index (χ2v) is 4.88. The molecule has 0 fully saturated rings. The maximum absolute atomic E-state index is 4.15. The highest BCUT2D eigenvalue weighted by Gasteiger charge is 2.04. The minimum absolute atomic E-state index is 0.319. The highest BCUT2D eigenvalue weighted by molar-refractivity contribution is 5.28. The lowest BCUT2D eigenvalue weighted by molar-refractivity contribution is 0.573. The number of nitrogens with one attached hydrogen (secondary N) is 1. The molecule has 1 atom stereocenters. The molecule has 2 heteroatoms. The van der Waals surface area contributed by atoms with Crippen molar-refractivity contribution in [1.82, 2.24) is 10.3 Å². The molecule has 0 saturated heterocycles. The zero-order valence-electron chi connectivity index (χ0n) is 11.3. The van der Waals surface area contributed by atoms with Gasteiger partial charge in [-0.2, -0.15) is 0 Å². The number of pyridine rings is 1. The number of aromatic nitrogens is 1. The Morgan fingerprint density at radius 3 is 2.50 bits per heavy atom. The molecule has 2 aromatic rings. The van der Waals surface area contributed by atoms with E-state index in [2.05, 4.69) is 55.3 Å². The third-order valence-electron chi connectivity index (χ3n) is 3.08. The summed E-state index contributed by atoms with van der Waals surface area (Å²) in [6, 6.07) is 11.1. The Morgan fingerprint density at radius 1 is 1.17 bits per heavy atom. The standard InChI is InChI=1S/C16H20N2/c1-12-7-13(2)9-15(8-12)10-18-14(3)16-5-4-6-17-11-16/h4-9,11,14,18H,10H2,1-3H3/t14-/m0/s1. The zero-order valence-corrected chi connectivity index (χ0v) is 11.3. The van der Waals surface area contributed by atoms with Crippen molar-refractivity contribution in [3.05, 3.63) is 65.0 Å². The molecule has 1 N–H and O–H groups in total. The fourth-order valence-corrected chi connectivity index (χ4v) is 2.19. The van der Waals surface area contributed by atoms with Gasteiger partial charge in [0.05, 0.1) is 0 Å². The monoisotopic (exact) mass is 240 g/mol. The van der Waals surface area contributed by atoms with Crippen LogP contribution in [0.5, 0.6) is 0 Å². The van der Waals surface area contributed by atoms with Crippen molar-refractivity contribution in [1.29, 1.82) is 0 Å². The number of rotatable bonds is 4. The first-order valence-corrected chi connectivity index (χ1v) is 6.35. The lowest BCUT2D eigenvalue weighted by Crippen LogP contribution is -2.18. The van der Waals surface area contributed by atoms with Crippen LogP contribution in [0.3, 0.4) is 0 Å². The van der Waals surface area contributed by atoms with Crippen LogP contribution in [-0.2, 0) is 6.54 Å². The fourth-order valence-electron chi connectivity index (χ4n) is 2.19. The molecule has 0 aliphatic carbocycles. The SMILES string of the molecule is Cc1cc(C)cc(CN[C@@H](C)c2cccnc2)c1. The van der Waals surface area contributed by atoms with E-state index in [0.29, 0.717) is 6.04 Å². The van der Waals surface area contributed by atoms with Crippen LogP contribution in [0.15, 0.2) is 42.7 Å². The Morgan fingerprint density at radius 2 is 1.89 bits per heavy atom. The predicted molar refractivity (Wildman–Crippen MR) is 75.4 cm³/mol. The quantitative estimate of drug-likeness (QED) is 0.884. The van der Waals surface area contributed by atoms with Crippen molar-refractivity contribution >= 4 is 0 Å². The smallest absolute Gasteiger partial charge is 0.0315 e. The van der Waals surface area contributed by atoms with E-state index in [1.165, 1.54) is 22.3 Å². The van der Waals surface area contributed by atoms with E-state index in [-0.39, 0.29) is 0 Å². The van der Waals surface area contributed by atoms with Crippen LogP contribution in [0.1, 0.15) is 35.2 Å². The molecule has 1 heterocycles. The molecule has 0 aliphatic rings. The lowest BCUT2D eigenvalue weighted by atomic mass is 10.1. The summed E-state index contributed by atoms with van der Waals surface area (Å²) >= 11 is 0. The molecular formula is C16H20N2. The van der Waals surface area contributed by atoms with Gasteiger partial charge in [0.1, 0.15) is 0 Å². The van der Waals surface area contributed by atoms with E-state index in [1.54, 1.807) is 6.20 Å². The number of hydrogen-bond donors (Lipinski definition) is 1. The maximum atomic E-state index is 4.15. The Hall–Kier alpha value is -1.67. The fraction of sp³-hybridized carbons (Fsp3) is 0.312. The van der Waals surface area contributed by atoms with Gasteiger partial charge in [0, 0.05) is 25.0 Å². The van der Waals surface area contributed by atoms with Gasteiger partial charge in [-0.3, -0.25) is 4.98 Å². The number of nitrogens with zero attached hydrogens (tertiary/aromatic N) is 1. The van der Waals surface area contributed by atoms with Crippen molar-refractivity contribution < 1.29 is 0 Å². The van der Waals surface area contributed by atoms with E-state index in [1.807, 2.05) is 12.3 Å². The van der Waals surface area contributed by atoms with Crippen LogP contribution >= 0.6 is 0 Å². The summed E-state index contributed by atoms with van der Waals surface area (Å²) in [5.41, 5.74) is 5.20. The second-order valence-electron chi connectivity index (χ2n) is 4.88. The molecule has 0 aliphatic heterocycles. The van der Waals surface area contributed by atoms with Gasteiger partial charge in [0.2, 0.25) is 0 Å². The molecular weight excluding hydrogens is 220 g/mol.